The number of aryl methyl sites for hydroxylation is 4. The van der Waals surface area contributed by atoms with Gasteiger partial charge >= 0.3 is 23.4 Å². The molecular weight excluding hydrogens is 496 g/mol. The summed E-state index contributed by atoms with van der Waals surface area (Å²) in [5.41, 5.74) is -0.983. The fourth-order valence-corrected chi connectivity index (χ4v) is 4.41. The lowest BCUT2D eigenvalue weighted by Gasteiger charge is -2.10. The largest absolute Gasteiger partial charge is 0.425 e. The minimum atomic E-state index is -0.489. The van der Waals surface area contributed by atoms with E-state index in [-0.39, 0.29) is 34.3 Å². The van der Waals surface area contributed by atoms with Gasteiger partial charge in [-0.2, -0.15) is 9.97 Å². The Labute approximate surface area is 214 Å². The summed E-state index contributed by atoms with van der Waals surface area (Å²) in [6.45, 7) is 4.43. The second kappa shape index (κ2) is 8.90. The fourth-order valence-electron chi connectivity index (χ4n) is 4.41. The molecule has 5 rings (SSSR count). The molecule has 0 fully saturated rings. The van der Waals surface area contributed by atoms with Gasteiger partial charge in [0.05, 0.1) is 0 Å². The molecule has 0 amide bonds. The van der Waals surface area contributed by atoms with Crippen molar-refractivity contribution < 1.29 is 9.47 Å². The van der Waals surface area contributed by atoms with Crippen LogP contribution in [-0.2, 0) is 41.3 Å². The molecule has 198 valence electrons. The molecule has 0 saturated heterocycles. The van der Waals surface area contributed by atoms with Crippen LogP contribution < -0.4 is 32.0 Å². The number of rotatable bonds is 6. The van der Waals surface area contributed by atoms with E-state index >= 15 is 0 Å². The van der Waals surface area contributed by atoms with Crippen molar-refractivity contribution in [2.75, 3.05) is 0 Å². The Morgan fingerprint density at radius 1 is 0.658 bits per heavy atom. The molecule has 0 atom stereocenters. The zero-order chi connectivity index (χ0) is 27.5. The standard InChI is InChI=1S/C24H26N8O6/c1-7-31-15-17(27(3)23(35)29(5)19(15)33)25-21(31)37-13-10-9-11-14(12-13)38-22-26-18-16(32(22)8-2)20(34)30(6)24(36)28(18)4/h9-12H,7-8H2,1-6H3. The van der Waals surface area contributed by atoms with Gasteiger partial charge in [-0.25, -0.2) is 9.59 Å². The number of imidazole rings is 2. The topological polar surface area (TPSA) is 142 Å². The molecule has 0 N–H and O–H groups in total. The summed E-state index contributed by atoms with van der Waals surface area (Å²) in [5, 5.41) is 0. The summed E-state index contributed by atoms with van der Waals surface area (Å²) in [6, 6.07) is 6.95. The molecule has 0 unspecified atom stereocenters. The third-order valence-corrected chi connectivity index (χ3v) is 6.48. The molecule has 0 spiro atoms. The van der Waals surface area contributed by atoms with E-state index in [9.17, 15) is 19.2 Å². The van der Waals surface area contributed by atoms with E-state index in [2.05, 4.69) is 9.97 Å². The van der Waals surface area contributed by atoms with Gasteiger partial charge in [0.25, 0.3) is 11.1 Å². The van der Waals surface area contributed by atoms with E-state index in [0.29, 0.717) is 24.6 Å². The van der Waals surface area contributed by atoms with Gasteiger partial charge in [-0.05, 0) is 26.0 Å². The third-order valence-electron chi connectivity index (χ3n) is 6.48. The Balaban J connectivity index is 1.56. The Morgan fingerprint density at radius 3 is 1.42 bits per heavy atom. The summed E-state index contributed by atoms with van der Waals surface area (Å²) >= 11 is 0. The predicted molar refractivity (Wildman–Crippen MR) is 138 cm³/mol. The molecule has 0 aliphatic heterocycles. The van der Waals surface area contributed by atoms with Crippen molar-refractivity contribution >= 4 is 22.3 Å². The molecule has 0 aliphatic rings. The first-order valence-corrected chi connectivity index (χ1v) is 11.9. The van der Waals surface area contributed by atoms with Crippen LogP contribution in [0.3, 0.4) is 0 Å². The summed E-state index contributed by atoms with van der Waals surface area (Å²) in [6.07, 6.45) is 0. The summed E-state index contributed by atoms with van der Waals surface area (Å²) < 4.78 is 19.9. The number of hydrogen-bond donors (Lipinski definition) is 0. The highest BCUT2D eigenvalue weighted by atomic mass is 16.5. The van der Waals surface area contributed by atoms with Gasteiger partial charge in [0.1, 0.15) is 11.5 Å². The zero-order valence-electron chi connectivity index (χ0n) is 21.8. The van der Waals surface area contributed by atoms with E-state index in [1.165, 1.54) is 37.3 Å². The first kappa shape index (κ1) is 24.8. The van der Waals surface area contributed by atoms with Crippen LogP contribution in [0.2, 0.25) is 0 Å². The van der Waals surface area contributed by atoms with E-state index in [4.69, 9.17) is 9.47 Å². The second-order valence-corrected chi connectivity index (χ2v) is 8.71. The van der Waals surface area contributed by atoms with Gasteiger partial charge in [0, 0.05) is 47.3 Å². The predicted octanol–water partition coefficient (Wildman–Crippen LogP) is 0.805. The Kier molecular flexibility index (Phi) is 5.81. The average Bonchev–Trinajstić information content (AvgIpc) is 3.46. The summed E-state index contributed by atoms with van der Waals surface area (Å²) in [5.74, 6) is 0.716. The third kappa shape index (κ3) is 3.55. The molecule has 1 aromatic carbocycles. The van der Waals surface area contributed by atoms with Gasteiger partial charge in [-0.15, -0.1) is 0 Å². The van der Waals surface area contributed by atoms with Crippen LogP contribution in [0.25, 0.3) is 22.3 Å². The molecule has 4 aromatic heterocycles. The van der Waals surface area contributed by atoms with Crippen molar-refractivity contribution in [3.8, 4) is 23.5 Å². The smallest absolute Gasteiger partial charge is 0.332 e. The Hall–Kier alpha value is -4.88. The minimum absolute atomic E-state index is 0.136. The average molecular weight is 523 g/mol. The lowest BCUT2D eigenvalue weighted by atomic mass is 10.3. The Morgan fingerprint density at radius 2 is 1.05 bits per heavy atom. The van der Waals surface area contributed by atoms with Crippen molar-refractivity contribution in [1.29, 1.82) is 0 Å². The lowest BCUT2D eigenvalue weighted by molar-refractivity contribution is 0.401. The number of hydrogen-bond acceptors (Lipinski definition) is 8. The molecule has 0 radical (unpaired) electrons. The first-order valence-electron chi connectivity index (χ1n) is 11.9. The van der Waals surface area contributed by atoms with Crippen molar-refractivity contribution in [3.05, 3.63) is 65.9 Å². The molecule has 38 heavy (non-hydrogen) atoms. The lowest BCUT2D eigenvalue weighted by Crippen LogP contribution is -2.37. The normalized spacial score (nSPS) is 11.5. The van der Waals surface area contributed by atoms with E-state index < -0.39 is 22.5 Å². The fraction of sp³-hybridized carbons (Fsp3) is 0.333. The van der Waals surface area contributed by atoms with Crippen molar-refractivity contribution in [2.24, 2.45) is 28.2 Å². The highest BCUT2D eigenvalue weighted by molar-refractivity contribution is 5.73. The molecule has 14 nitrogen and oxygen atoms in total. The summed E-state index contributed by atoms with van der Waals surface area (Å²) in [7, 11) is 5.90. The maximum atomic E-state index is 12.8. The highest BCUT2D eigenvalue weighted by Gasteiger charge is 2.21. The van der Waals surface area contributed by atoms with Crippen LogP contribution in [-0.4, -0.2) is 37.4 Å². The monoisotopic (exact) mass is 522 g/mol. The number of benzene rings is 1. The minimum Gasteiger partial charge on any atom is -0.425 e. The zero-order valence-corrected chi connectivity index (χ0v) is 21.8. The molecule has 4 heterocycles. The number of nitrogens with zero attached hydrogens (tertiary/aromatic N) is 8. The van der Waals surface area contributed by atoms with Crippen LogP contribution in [0.1, 0.15) is 13.8 Å². The second-order valence-electron chi connectivity index (χ2n) is 8.71. The van der Waals surface area contributed by atoms with Crippen LogP contribution in [0.4, 0.5) is 0 Å². The maximum Gasteiger partial charge on any atom is 0.332 e. The Bertz CT molecular complexity index is 1850. The van der Waals surface area contributed by atoms with Crippen molar-refractivity contribution in [2.45, 2.75) is 26.9 Å². The van der Waals surface area contributed by atoms with Crippen molar-refractivity contribution in [3.63, 3.8) is 0 Å². The quantitative estimate of drug-likeness (QED) is 0.319. The number of aromatic nitrogens is 8. The van der Waals surface area contributed by atoms with Crippen LogP contribution >= 0.6 is 0 Å². The van der Waals surface area contributed by atoms with Crippen LogP contribution in [0, 0.1) is 0 Å². The molecule has 0 aliphatic carbocycles. The van der Waals surface area contributed by atoms with Gasteiger partial charge in [-0.3, -0.25) is 37.0 Å². The molecular formula is C24H26N8O6. The van der Waals surface area contributed by atoms with Crippen molar-refractivity contribution in [1.82, 2.24) is 37.4 Å². The van der Waals surface area contributed by atoms with Gasteiger partial charge in [0.2, 0.25) is 0 Å². The molecule has 14 heteroatoms. The van der Waals surface area contributed by atoms with E-state index in [0.717, 1.165) is 9.13 Å². The number of fused-ring (bicyclic) bond motifs is 2. The van der Waals surface area contributed by atoms with E-state index in [1.807, 2.05) is 13.8 Å². The molecule has 0 saturated carbocycles. The number of ether oxygens (including phenoxy) is 2. The first-order chi connectivity index (χ1) is 18.1. The van der Waals surface area contributed by atoms with Crippen LogP contribution in [0.15, 0.2) is 43.4 Å². The highest BCUT2D eigenvalue weighted by Crippen LogP contribution is 2.30. The SMILES string of the molecule is CCn1c(Oc2cccc(Oc3nc4c(c(=O)n(C)c(=O)n4C)n3CC)c2)nc2c1c(=O)n(C)c(=O)n2C. The van der Waals surface area contributed by atoms with Gasteiger partial charge in [-0.1, -0.05) is 6.07 Å². The molecule has 0 bridgehead atoms. The van der Waals surface area contributed by atoms with Gasteiger partial charge in [0.15, 0.2) is 22.3 Å². The van der Waals surface area contributed by atoms with E-state index in [1.54, 1.807) is 33.4 Å². The van der Waals surface area contributed by atoms with Gasteiger partial charge < -0.3 is 9.47 Å². The summed E-state index contributed by atoms with van der Waals surface area (Å²) in [4.78, 5) is 59.1. The molecule has 5 aromatic rings. The maximum absolute atomic E-state index is 12.8. The van der Waals surface area contributed by atoms with Crippen LogP contribution in [0.5, 0.6) is 23.5 Å².